The first kappa shape index (κ1) is 17.7. The molecule has 0 saturated carbocycles. The minimum Gasteiger partial charge on any atom is -0.490 e. The smallest absolute Gasteiger partial charge is 0.254 e. The molecular weight excluding hydrogens is 340 g/mol. The van der Waals surface area contributed by atoms with Gasteiger partial charge in [0.1, 0.15) is 11.9 Å². The Morgan fingerprint density at radius 3 is 2.56 bits per heavy atom. The maximum absolute atomic E-state index is 12.9. The molecule has 3 heterocycles. The highest BCUT2D eigenvalue weighted by Crippen LogP contribution is 2.23. The Balaban J connectivity index is 1.39. The predicted molar refractivity (Wildman–Crippen MR) is 104 cm³/mol. The first-order valence-corrected chi connectivity index (χ1v) is 9.53. The number of ether oxygens (including phenoxy) is 2. The fourth-order valence-corrected chi connectivity index (χ4v) is 3.54. The molecule has 1 saturated heterocycles. The Morgan fingerprint density at radius 1 is 1.07 bits per heavy atom. The number of hydrogen-bond donors (Lipinski definition) is 0. The van der Waals surface area contributed by atoms with Crippen molar-refractivity contribution in [2.75, 3.05) is 26.3 Å². The van der Waals surface area contributed by atoms with E-state index in [9.17, 15) is 4.79 Å². The summed E-state index contributed by atoms with van der Waals surface area (Å²) >= 11 is 0. The lowest BCUT2D eigenvalue weighted by Crippen LogP contribution is -2.35. The normalized spacial score (nSPS) is 18.1. The average molecular weight is 364 g/mol. The highest BCUT2D eigenvalue weighted by molar-refractivity contribution is 5.95. The average Bonchev–Trinajstić information content (AvgIpc) is 2.75. The van der Waals surface area contributed by atoms with Crippen molar-refractivity contribution >= 4 is 11.5 Å². The Kier molecular flexibility index (Phi) is 5.49. The quantitative estimate of drug-likeness (QED) is 0.832. The molecule has 1 fully saturated rings. The van der Waals surface area contributed by atoms with Crippen molar-refractivity contribution in [1.82, 2.24) is 9.88 Å². The number of hydrogen-bond acceptors (Lipinski definition) is 4. The van der Waals surface area contributed by atoms with Crippen LogP contribution in [-0.2, 0) is 4.74 Å². The molecule has 140 valence electrons. The lowest BCUT2D eigenvalue weighted by Gasteiger charge is -2.28. The van der Waals surface area contributed by atoms with Crippen LogP contribution in [0.1, 0.15) is 35.2 Å². The molecule has 4 rings (SSSR count). The van der Waals surface area contributed by atoms with Crippen molar-refractivity contribution in [2.45, 2.75) is 25.4 Å². The minimum absolute atomic E-state index is 0.0623. The van der Waals surface area contributed by atoms with Crippen LogP contribution in [0.2, 0.25) is 0 Å². The molecule has 1 aromatic carbocycles. The van der Waals surface area contributed by atoms with Crippen molar-refractivity contribution in [1.29, 1.82) is 0 Å². The van der Waals surface area contributed by atoms with Crippen molar-refractivity contribution in [2.24, 2.45) is 0 Å². The second-order valence-electron chi connectivity index (χ2n) is 6.93. The maximum Gasteiger partial charge on any atom is 0.254 e. The molecule has 0 bridgehead atoms. The summed E-state index contributed by atoms with van der Waals surface area (Å²) in [5.41, 5.74) is 3.00. The molecule has 27 heavy (non-hydrogen) atoms. The first-order valence-electron chi connectivity index (χ1n) is 9.53. The molecule has 1 aromatic heterocycles. The summed E-state index contributed by atoms with van der Waals surface area (Å²) in [6.45, 7) is 2.88. The minimum atomic E-state index is 0.0623. The van der Waals surface area contributed by atoms with Crippen LogP contribution in [0.15, 0.2) is 54.9 Å². The van der Waals surface area contributed by atoms with E-state index in [1.165, 1.54) is 5.57 Å². The number of benzene rings is 1. The number of rotatable bonds is 4. The molecule has 0 atom stereocenters. The second kappa shape index (κ2) is 8.35. The maximum atomic E-state index is 12.9. The van der Waals surface area contributed by atoms with Gasteiger partial charge in [-0.2, -0.15) is 0 Å². The summed E-state index contributed by atoms with van der Waals surface area (Å²) < 4.78 is 11.3. The molecule has 0 aliphatic carbocycles. The van der Waals surface area contributed by atoms with Gasteiger partial charge in [-0.1, -0.05) is 6.08 Å². The molecule has 1 amide bonds. The summed E-state index contributed by atoms with van der Waals surface area (Å²) in [6.07, 6.45) is 8.69. The van der Waals surface area contributed by atoms with Gasteiger partial charge in [0, 0.05) is 43.9 Å². The standard InChI is InChI=1S/C22H24N2O3/c25-22(24-13-1-2-19(16-24)17-7-11-23-12-8-17)18-3-5-20(6-4-18)27-21-9-14-26-15-10-21/h2-8,11-12,21H,1,9-10,13-16H2. The third kappa shape index (κ3) is 4.37. The topological polar surface area (TPSA) is 51.7 Å². The number of pyridine rings is 1. The van der Waals surface area contributed by atoms with Crippen LogP contribution in [0, 0.1) is 0 Å². The summed E-state index contributed by atoms with van der Waals surface area (Å²) in [6, 6.07) is 11.5. The van der Waals surface area contributed by atoms with Gasteiger partial charge in [-0.3, -0.25) is 9.78 Å². The third-order valence-electron chi connectivity index (χ3n) is 5.06. The van der Waals surface area contributed by atoms with Gasteiger partial charge in [0.15, 0.2) is 0 Å². The molecule has 0 N–H and O–H groups in total. The zero-order valence-electron chi connectivity index (χ0n) is 15.3. The highest BCUT2D eigenvalue weighted by Gasteiger charge is 2.21. The third-order valence-corrected chi connectivity index (χ3v) is 5.06. The van der Waals surface area contributed by atoms with Gasteiger partial charge < -0.3 is 14.4 Å². The van der Waals surface area contributed by atoms with Gasteiger partial charge in [-0.15, -0.1) is 0 Å². The molecule has 2 aliphatic rings. The molecule has 2 aliphatic heterocycles. The van der Waals surface area contributed by atoms with Crippen molar-refractivity contribution in [3.63, 3.8) is 0 Å². The Labute approximate surface area is 159 Å². The number of aromatic nitrogens is 1. The fourth-order valence-electron chi connectivity index (χ4n) is 3.54. The molecular formula is C22H24N2O3. The SMILES string of the molecule is O=C(c1ccc(OC2CCOCC2)cc1)N1CCC=C(c2ccncc2)C1. The van der Waals surface area contributed by atoms with Gasteiger partial charge in [-0.05, 0) is 54.0 Å². The Morgan fingerprint density at radius 2 is 1.81 bits per heavy atom. The first-order chi connectivity index (χ1) is 13.3. The summed E-state index contributed by atoms with van der Waals surface area (Å²) in [4.78, 5) is 18.9. The molecule has 0 spiro atoms. The van der Waals surface area contributed by atoms with Crippen LogP contribution >= 0.6 is 0 Å². The van der Waals surface area contributed by atoms with E-state index in [2.05, 4.69) is 11.1 Å². The van der Waals surface area contributed by atoms with Gasteiger partial charge in [0.05, 0.1) is 13.2 Å². The van der Waals surface area contributed by atoms with Crippen LogP contribution < -0.4 is 4.74 Å². The van der Waals surface area contributed by atoms with E-state index >= 15 is 0 Å². The van der Waals surface area contributed by atoms with Crippen molar-refractivity contribution in [3.05, 3.63) is 66.0 Å². The monoisotopic (exact) mass is 364 g/mol. The lowest BCUT2D eigenvalue weighted by molar-refractivity contribution is 0.0256. The van der Waals surface area contributed by atoms with Gasteiger partial charge in [0.25, 0.3) is 5.91 Å². The second-order valence-corrected chi connectivity index (χ2v) is 6.93. The van der Waals surface area contributed by atoms with E-state index in [4.69, 9.17) is 9.47 Å². The molecule has 5 heteroatoms. The van der Waals surface area contributed by atoms with E-state index in [0.29, 0.717) is 12.1 Å². The van der Waals surface area contributed by atoms with Crippen LogP contribution in [0.25, 0.3) is 5.57 Å². The molecule has 0 unspecified atom stereocenters. The van der Waals surface area contributed by atoms with Gasteiger partial charge in [-0.25, -0.2) is 0 Å². The van der Waals surface area contributed by atoms with E-state index < -0.39 is 0 Å². The highest BCUT2D eigenvalue weighted by atomic mass is 16.5. The molecule has 0 radical (unpaired) electrons. The van der Waals surface area contributed by atoms with E-state index in [-0.39, 0.29) is 12.0 Å². The number of nitrogens with zero attached hydrogens (tertiary/aromatic N) is 2. The number of carbonyl (C=O) groups excluding carboxylic acids is 1. The van der Waals surface area contributed by atoms with Crippen LogP contribution in [-0.4, -0.2) is 48.2 Å². The summed E-state index contributed by atoms with van der Waals surface area (Å²) in [5.74, 6) is 0.877. The van der Waals surface area contributed by atoms with Crippen molar-refractivity contribution in [3.8, 4) is 5.75 Å². The Hall–Kier alpha value is -2.66. The number of carbonyl (C=O) groups is 1. The van der Waals surface area contributed by atoms with E-state index in [1.807, 2.05) is 41.3 Å². The summed E-state index contributed by atoms with van der Waals surface area (Å²) in [5, 5.41) is 0. The predicted octanol–water partition coefficient (Wildman–Crippen LogP) is 3.57. The zero-order valence-corrected chi connectivity index (χ0v) is 15.3. The van der Waals surface area contributed by atoms with E-state index in [0.717, 1.165) is 50.3 Å². The van der Waals surface area contributed by atoms with Crippen LogP contribution in [0.3, 0.4) is 0 Å². The largest absolute Gasteiger partial charge is 0.490 e. The Bertz CT molecular complexity index is 796. The van der Waals surface area contributed by atoms with Crippen molar-refractivity contribution < 1.29 is 14.3 Å². The van der Waals surface area contributed by atoms with Crippen LogP contribution in [0.4, 0.5) is 0 Å². The fraction of sp³-hybridized carbons (Fsp3) is 0.364. The van der Waals surface area contributed by atoms with Gasteiger partial charge in [0.2, 0.25) is 0 Å². The summed E-state index contributed by atoms with van der Waals surface area (Å²) in [7, 11) is 0. The van der Waals surface area contributed by atoms with Gasteiger partial charge >= 0.3 is 0 Å². The molecule has 2 aromatic rings. The zero-order chi connectivity index (χ0) is 18.5. The van der Waals surface area contributed by atoms with E-state index in [1.54, 1.807) is 12.4 Å². The van der Waals surface area contributed by atoms with Crippen LogP contribution in [0.5, 0.6) is 5.75 Å². The molecule has 5 nitrogen and oxygen atoms in total. The number of amides is 1. The lowest BCUT2D eigenvalue weighted by atomic mass is 10.0.